The molecule has 0 unspecified atom stereocenters. The predicted molar refractivity (Wildman–Crippen MR) is 168 cm³/mol. The van der Waals surface area contributed by atoms with Crippen molar-refractivity contribution in [1.29, 1.82) is 0 Å². The van der Waals surface area contributed by atoms with E-state index in [-0.39, 0.29) is 17.2 Å². The van der Waals surface area contributed by atoms with Crippen LogP contribution in [0.15, 0.2) is 88.8 Å². The molecule has 42 heavy (non-hydrogen) atoms. The van der Waals surface area contributed by atoms with Gasteiger partial charge in [-0.1, -0.05) is 42.1 Å². The maximum Gasteiger partial charge on any atom is 0.267 e. The Morgan fingerprint density at radius 2 is 1.67 bits per heavy atom. The zero-order valence-electron chi connectivity index (χ0n) is 23.3. The molecule has 6 rings (SSSR count). The zero-order chi connectivity index (χ0) is 29.1. The van der Waals surface area contributed by atoms with Gasteiger partial charge in [-0.15, -0.1) is 11.3 Å². The summed E-state index contributed by atoms with van der Waals surface area (Å²) in [5, 5.41) is 4.06. The lowest BCUT2D eigenvalue weighted by molar-refractivity contribution is -0.113. The first-order valence-corrected chi connectivity index (χ1v) is 15.4. The number of thioether (sulfide) groups is 1. The van der Waals surface area contributed by atoms with Crippen molar-refractivity contribution in [2.45, 2.75) is 24.7 Å². The van der Waals surface area contributed by atoms with Crippen molar-refractivity contribution in [1.82, 2.24) is 14.5 Å². The molecule has 0 saturated carbocycles. The van der Waals surface area contributed by atoms with E-state index in [2.05, 4.69) is 34.5 Å². The number of hydrogen-bond acceptors (Lipinski definition) is 8. The molecule has 8 nitrogen and oxygen atoms in total. The maximum absolute atomic E-state index is 14.2. The molecule has 1 N–H and O–H groups in total. The molecule has 0 radical (unpaired) electrons. The third kappa shape index (κ3) is 5.92. The van der Waals surface area contributed by atoms with Gasteiger partial charge in [-0.2, -0.15) is 0 Å². The molecule has 1 aliphatic rings. The molecule has 0 saturated heterocycles. The fourth-order valence-electron chi connectivity index (χ4n) is 5.11. The van der Waals surface area contributed by atoms with Crippen LogP contribution in [-0.4, -0.2) is 46.9 Å². The number of anilines is 1. The quantitative estimate of drug-likeness (QED) is 0.171. The minimum absolute atomic E-state index is 0.0933. The molecule has 0 bridgehead atoms. The molecule has 1 amide bonds. The Balaban J connectivity index is 1.31. The molecule has 5 aromatic rings. The fourth-order valence-corrected chi connectivity index (χ4v) is 7.23. The van der Waals surface area contributed by atoms with Crippen LogP contribution < -0.4 is 20.3 Å². The first kappa shape index (κ1) is 28.0. The summed E-state index contributed by atoms with van der Waals surface area (Å²) in [7, 11) is 3.21. The van der Waals surface area contributed by atoms with E-state index in [1.165, 1.54) is 22.2 Å². The number of fused-ring (bicyclic) bond motifs is 3. The zero-order valence-corrected chi connectivity index (χ0v) is 25.0. The van der Waals surface area contributed by atoms with E-state index in [9.17, 15) is 9.59 Å². The molecule has 0 spiro atoms. The number of carbonyl (C=O) groups excluding carboxylic acids is 1. The first-order valence-electron chi connectivity index (χ1n) is 13.6. The summed E-state index contributed by atoms with van der Waals surface area (Å²) in [4.78, 5) is 36.3. The highest BCUT2D eigenvalue weighted by molar-refractivity contribution is 7.99. The van der Waals surface area contributed by atoms with Crippen molar-refractivity contribution >= 4 is 44.9 Å². The molecule has 3 aromatic carbocycles. The average Bonchev–Trinajstić information content (AvgIpc) is 3.39. The Morgan fingerprint density at radius 3 is 2.36 bits per heavy atom. The van der Waals surface area contributed by atoms with Gasteiger partial charge in [0.25, 0.3) is 5.56 Å². The lowest BCUT2D eigenvalue weighted by Gasteiger charge is -2.26. The molecular formula is C32H30N4O4S2. The number of amides is 1. The summed E-state index contributed by atoms with van der Waals surface area (Å²) in [6.07, 6.45) is 0.790. The van der Waals surface area contributed by atoms with E-state index in [0.717, 1.165) is 36.4 Å². The highest BCUT2D eigenvalue weighted by atomic mass is 32.2. The lowest BCUT2D eigenvalue weighted by Crippen LogP contribution is -2.30. The first-order chi connectivity index (χ1) is 20.5. The van der Waals surface area contributed by atoms with Gasteiger partial charge in [-0.3, -0.25) is 19.1 Å². The van der Waals surface area contributed by atoms with Gasteiger partial charge in [0.2, 0.25) is 5.91 Å². The summed E-state index contributed by atoms with van der Waals surface area (Å²) in [5.41, 5.74) is 3.59. The Bertz CT molecular complexity index is 1770. The van der Waals surface area contributed by atoms with Crippen LogP contribution in [-0.2, 0) is 24.3 Å². The number of thiophene rings is 1. The Morgan fingerprint density at radius 1 is 0.976 bits per heavy atom. The van der Waals surface area contributed by atoms with E-state index in [0.29, 0.717) is 33.4 Å². The molecule has 3 heterocycles. The van der Waals surface area contributed by atoms with Crippen molar-refractivity contribution in [2.75, 3.05) is 31.8 Å². The van der Waals surface area contributed by atoms with E-state index in [1.807, 2.05) is 30.3 Å². The molecule has 0 fully saturated rings. The molecule has 10 heteroatoms. The summed E-state index contributed by atoms with van der Waals surface area (Å²) in [5.74, 6) is 1.31. The van der Waals surface area contributed by atoms with E-state index >= 15 is 0 Å². The maximum atomic E-state index is 14.2. The van der Waals surface area contributed by atoms with Crippen LogP contribution in [0.25, 0.3) is 15.9 Å². The van der Waals surface area contributed by atoms with Gasteiger partial charge < -0.3 is 14.8 Å². The number of rotatable bonds is 9. The minimum atomic E-state index is -0.192. The number of nitrogens with zero attached hydrogens (tertiary/aromatic N) is 3. The summed E-state index contributed by atoms with van der Waals surface area (Å²) >= 11 is 2.83. The van der Waals surface area contributed by atoms with Crippen LogP contribution in [0.2, 0.25) is 0 Å². The largest absolute Gasteiger partial charge is 0.497 e. The van der Waals surface area contributed by atoms with Gasteiger partial charge in [0.15, 0.2) is 5.16 Å². The Kier molecular flexibility index (Phi) is 8.27. The fraction of sp³-hybridized carbons (Fsp3) is 0.219. The summed E-state index contributed by atoms with van der Waals surface area (Å²) in [6, 6.07) is 24.9. The highest BCUT2D eigenvalue weighted by Crippen LogP contribution is 2.35. The van der Waals surface area contributed by atoms with Crippen molar-refractivity contribution in [3.63, 3.8) is 0 Å². The Labute approximate surface area is 251 Å². The number of methoxy groups -OCH3 is 2. The third-order valence-corrected chi connectivity index (χ3v) is 9.26. The highest BCUT2D eigenvalue weighted by Gasteiger charge is 2.26. The van der Waals surface area contributed by atoms with Crippen molar-refractivity contribution in [3.05, 3.63) is 105 Å². The van der Waals surface area contributed by atoms with Gasteiger partial charge in [0.05, 0.1) is 31.0 Å². The minimum Gasteiger partial charge on any atom is -0.497 e. The molecule has 214 valence electrons. The summed E-state index contributed by atoms with van der Waals surface area (Å²) in [6.45, 7) is 2.51. The van der Waals surface area contributed by atoms with Crippen LogP contribution in [0.5, 0.6) is 11.5 Å². The standard InChI is InChI=1S/C32H30N4O4S2/c1-39-24-12-8-22(9-13-24)33-28(37)20-41-32-34-30-29(31(38)36(32)23-10-14-25(40-2)15-11-23)26-16-17-35(19-27(26)42-30)18-21-6-4-3-5-7-21/h3-15H,16-20H2,1-2H3,(H,33,37). The SMILES string of the molecule is COc1ccc(NC(=O)CSc2nc3sc4c(c3c(=O)n2-c2ccc(OC)cc2)CCN(Cc2ccccc2)C4)cc1. The van der Waals surface area contributed by atoms with Gasteiger partial charge in [-0.25, -0.2) is 4.98 Å². The number of carbonyl (C=O) groups is 1. The number of nitrogens with one attached hydrogen (secondary N) is 1. The topological polar surface area (TPSA) is 85.7 Å². The predicted octanol–water partition coefficient (Wildman–Crippen LogP) is 5.75. The lowest BCUT2D eigenvalue weighted by atomic mass is 10.0. The number of hydrogen-bond donors (Lipinski definition) is 1. The smallest absolute Gasteiger partial charge is 0.267 e. The second-order valence-corrected chi connectivity index (χ2v) is 12.0. The average molecular weight is 599 g/mol. The number of benzene rings is 3. The molecular weight excluding hydrogens is 569 g/mol. The van der Waals surface area contributed by atoms with Gasteiger partial charge in [0, 0.05) is 30.2 Å². The number of aromatic nitrogens is 2. The number of ether oxygens (including phenoxy) is 2. The van der Waals surface area contributed by atoms with Crippen molar-refractivity contribution in [2.24, 2.45) is 0 Å². The monoisotopic (exact) mass is 598 g/mol. The second-order valence-electron chi connectivity index (χ2n) is 9.93. The summed E-state index contributed by atoms with van der Waals surface area (Å²) < 4.78 is 12.1. The van der Waals surface area contributed by atoms with Crippen LogP contribution in [0.4, 0.5) is 5.69 Å². The van der Waals surface area contributed by atoms with Gasteiger partial charge in [0.1, 0.15) is 16.3 Å². The van der Waals surface area contributed by atoms with Crippen molar-refractivity contribution < 1.29 is 14.3 Å². The van der Waals surface area contributed by atoms with Gasteiger partial charge in [-0.05, 0) is 66.1 Å². The Hall–Kier alpha value is -4.12. The van der Waals surface area contributed by atoms with Crippen LogP contribution in [0, 0.1) is 0 Å². The molecule has 1 aliphatic heterocycles. The van der Waals surface area contributed by atoms with E-state index in [1.54, 1.807) is 54.4 Å². The normalized spacial score (nSPS) is 13.1. The molecule has 0 atom stereocenters. The van der Waals surface area contributed by atoms with E-state index < -0.39 is 0 Å². The molecule has 0 aliphatic carbocycles. The van der Waals surface area contributed by atoms with Crippen LogP contribution in [0.1, 0.15) is 16.0 Å². The van der Waals surface area contributed by atoms with E-state index in [4.69, 9.17) is 14.5 Å². The van der Waals surface area contributed by atoms with Crippen LogP contribution >= 0.6 is 23.1 Å². The van der Waals surface area contributed by atoms with Gasteiger partial charge >= 0.3 is 0 Å². The van der Waals surface area contributed by atoms with Crippen LogP contribution in [0.3, 0.4) is 0 Å². The molecule has 2 aromatic heterocycles. The third-order valence-electron chi connectivity index (χ3n) is 7.21. The second kappa shape index (κ2) is 12.4. The van der Waals surface area contributed by atoms with Crippen molar-refractivity contribution in [3.8, 4) is 17.2 Å².